The minimum atomic E-state index is -3.74. The van der Waals surface area contributed by atoms with Crippen molar-refractivity contribution in [2.45, 2.75) is 23.8 Å². The predicted octanol–water partition coefficient (Wildman–Crippen LogP) is 1.07. The Morgan fingerprint density at radius 3 is 2.78 bits per heavy atom. The van der Waals surface area contributed by atoms with Gasteiger partial charge < -0.3 is 10.8 Å². The molecule has 0 bridgehead atoms. The van der Waals surface area contributed by atoms with Crippen LogP contribution < -0.4 is 5.73 Å². The van der Waals surface area contributed by atoms with E-state index in [1.54, 1.807) is 6.07 Å². The van der Waals surface area contributed by atoms with Crippen LogP contribution in [0.4, 0.5) is 5.69 Å². The number of nitrogens with zero attached hydrogens (tertiary/aromatic N) is 1. The maximum Gasteiger partial charge on any atom is 0.246 e. The summed E-state index contributed by atoms with van der Waals surface area (Å²) in [6.45, 7) is 0.469. The van der Waals surface area contributed by atoms with Gasteiger partial charge in [-0.05, 0) is 25.0 Å². The van der Waals surface area contributed by atoms with Crippen LogP contribution in [-0.2, 0) is 10.0 Å². The van der Waals surface area contributed by atoms with Gasteiger partial charge in [-0.1, -0.05) is 17.7 Å². The Morgan fingerprint density at radius 2 is 2.17 bits per heavy atom. The molecule has 3 N–H and O–H groups in total. The maximum atomic E-state index is 12.4. The summed E-state index contributed by atoms with van der Waals surface area (Å²) >= 11 is 5.92. The lowest BCUT2D eigenvalue weighted by Crippen LogP contribution is -2.42. The van der Waals surface area contributed by atoms with Crippen molar-refractivity contribution in [3.05, 3.63) is 23.2 Å². The summed E-state index contributed by atoms with van der Waals surface area (Å²) in [7, 11) is -3.74. The highest BCUT2D eigenvalue weighted by molar-refractivity contribution is 7.89. The molecule has 1 aromatic rings. The zero-order valence-corrected chi connectivity index (χ0v) is 11.3. The molecule has 7 heteroatoms. The molecule has 1 atom stereocenters. The minimum Gasteiger partial charge on any atom is -0.398 e. The van der Waals surface area contributed by atoms with E-state index < -0.39 is 16.1 Å². The van der Waals surface area contributed by atoms with Gasteiger partial charge in [-0.2, -0.15) is 4.31 Å². The van der Waals surface area contributed by atoms with Crippen molar-refractivity contribution in [3.8, 4) is 0 Å². The lowest BCUT2D eigenvalue weighted by molar-refractivity contribution is 0.108. The largest absolute Gasteiger partial charge is 0.398 e. The number of aliphatic hydroxyl groups excluding tert-OH is 1. The van der Waals surface area contributed by atoms with Gasteiger partial charge in [0.2, 0.25) is 10.0 Å². The fourth-order valence-electron chi connectivity index (χ4n) is 2.07. The number of nitrogen functional groups attached to an aromatic ring is 1. The fraction of sp³-hybridized carbons (Fsp3) is 0.455. The van der Waals surface area contributed by atoms with Gasteiger partial charge in [0.1, 0.15) is 4.90 Å². The number of nitrogens with two attached hydrogens (primary N) is 1. The first-order valence-corrected chi connectivity index (χ1v) is 7.47. The smallest absolute Gasteiger partial charge is 0.246 e. The topological polar surface area (TPSA) is 83.6 Å². The molecule has 0 unspecified atom stereocenters. The maximum absolute atomic E-state index is 12.4. The molecule has 5 nitrogen and oxygen atoms in total. The molecule has 100 valence electrons. The summed E-state index contributed by atoms with van der Waals surface area (Å²) in [6, 6.07) is 4.59. The third-order valence-corrected chi connectivity index (χ3v) is 5.36. The van der Waals surface area contributed by atoms with Crippen LogP contribution >= 0.6 is 11.6 Å². The van der Waals surface area contributed by atoms with Crippen LogP contribution in [0.25, 0.3) is 0 Å². The monoisotopic (exact) mass is 290 g/mol. The number of aliphatic hydroxyl groups is 1. The number of rotatable bonds is 2. The molecule has 0 aromatic heterocycles. The van der Waals surface area contributed by atoms with E-state index in [1.165, 1.54) is 16.4 Å². The molecule has 0 aliphatic carbocycles. The molecular formula is C11H15ClN2O3S. The van der Waals surface area contributed by atoms with Crippen LogP contribution in [0.15, 0.2) is 23.1 Å². The number of sulfonamides is 1. The van der Waals surface area contributed by atoms with Crippen molar-refractivity contribution < 1.29 is 13.5 Å². The highest BCUT2D eigenvalue weighted by Crippen LogP contribution is 2.31. The van der Waals surface area contributed by atoms with Crippen molar-refractivity contribution in [1.29, 1.82) is 0 Å². The Hall–Kier alpha value is -0.820. The Morgan fingerprint density at radius 1 is 1.44 bits per heavy atom. The number of piperidine rings is 1. The second kappa shape index (κ2) is 5.05. The van der Waals surface area contributed by atoms with E-state index in [9.17, 15) is 13.5 Å². The molecule has 1 aliphatic heterocycles. The summed E-state index contributed by atoms with van der Waals surface area (Å²) in [5, 5.41) is 9.66. The SMILES string of the molecule is Nc1cccc(Cl)c1S(=O)(=O)N1CCC[C@H](O)C1. The molecule has 0 amide bonds. The second-order valence-electron chi connectivity index (χ2n) is 4.32. The number of β-amino-alcohol motifs (C(OH)–C–C–N with tert-alkyl or cyclic N) is 1. The van der Waals surface area contributed by atoms with Gasteiger partial charge in [0.05, 0.1) is 16.8 Å². The van der Waals surface area contributed by atoms with Crippen LogP contribution in [0.2, 0.25) is 5.02 Å². The molecule has 0 spiro atoms. The van der Waals surface area contributed by atoms with Crippen LogP contribution in [0, 0.1) is 0 Å². The third-order valence-electron chi connectivity index (χ3n) is 2.95. The standard InChI is InChI=1S/C11H15ClN2O3S/c12-9-4-1-5-10(13)11(9)18(16,17)14-6-2-3-8(15)7-14/h1,4-5,8,15H,2-3,6-7,13H2/t8-/m0/s1. The zero-order valence-electron chi connectivity index (χ0n) is 9.71. The van der Waals surface area contributed by atoms with Crippen LogP contribution in [0.5, 0.6) is 0 Å². The molecule has 0 radical (unpaired) electrons. The zero-order chi connectivity index (χ0) is 13.3. The van der Waals surface area contributed by atoms with Crippen LogP contribution in [0.1, 0.15) is 12.8 Å². The average molecular weight is 291 g/mol. The number of anilines is 1. The molecule has 2 rings (SSSR count). The molecule has 0 saturated carbocycles. The highest BCUT2D eigenvalue weighted by atomic mass is 35.5. The second-order valence-corrected chi connectivity index (χ2v) is 6.60. The van der Waals surface area contributed by atoms with Crippen molar-refractivity contribution in [2.75, 3.05) is 18.8 Å². The molecule has 1 saturated heterocycles. The van der Waals surface area contributed by atoms with E-state index in [-0.39, 0.29) is 22.2 Å². The summed E-state index contributed by atoms with van der Waals surface area (Å²) in [6.07, 6.45) is 0.617. The Kier molecular flexibility index (Phi) is 3.82. The van der Waals surface area contributed by atoms with Gasteiger partial charge in [0.15, 0.2) is 0 Å². The quantitative estimate of drug-likeness (QED) is 0.798. The fourth-order valence-corrected chi connectivity index (χ4v) is 4.22. The predicted molar refractivity (Wildman–Crippen MR) is 69.9 cm³/mol. The number of hydrogen-bond donors (Lipinski definition) is 2. The van der Waals surface area contributed by atoms with Gasteiger partial charge >= 0.3 is 0 Å². The third kappa shape index (κ3) is 2.47. The lowest BCUT2D eigenvalue weighted by atomic mass is 10.1. The number of halogens is 1. The van der Waals surface area contributed by atoms with E-state index in [0.29, 0.717) is 19.4 Å². The first kappa shape index (κ1) is 13.6. The van der Waals surface area contributed by atoms with Gasteiger partial charge in [-0.3, -0.25) is 0 Å². The molecule has 18 heavy (non-hydrogen) atoms. The summed E-state index contributed by atoms with van der Waals surface area (Å²) < 4.78 is 26.1. The van der Waals surface area contributed by atoms with Crippen molar-refractivity contribution in [3.63, 3.8) is 0 Å². The molecule has 1 heterocycles. The van der Waals surface area contributed by atoms with E-state index in [0.717, 1.165) is 0 Å². The van der Waals surface area contributed by atoms with Crippen LogP contribution in [0.3, 0.4) is 0 Å². The molecule has 1 fully saturated rings. The lowest BCUT2D eigenvalue weighted by Gasteiger charge is -2.29. The molecule has 1 aromatic carbocycles. The van der Waals surface area contributed by atoms with E-state index in [2.05, 4.69) is 0 Å². The number of benzene rings is 1. The Bertz CT molecular complexity index is 527. The van der Waals surface area contributed by atoms with Gasteiger partial charge in [0.25, 0.3) is 0 Å². The van der Waals surface area contributed by atoms with E-state index in [1.807, 2.05) is 0 Å². The highest BCUT2D eigenvalue weighted by Gasteiger charge is 2.32. The average Bonchev–Trinajstić information content (AvgIpc) is 2.28. The van der Waals surface area contributed by atoms with Crippen molar-refractivity contribution >= 4 is 27.3 Å². The van der Waals surface area contributed by atoms with E-state index in [4.69, 9.17) is 17.3 Å². The summed E-state index contributed by atoms with van der Waals surface area (Å²) in [4.78, 5) is -0.0687. The first-order valence-electron chi connectivity index (χ1n) is 5.65. The first-order chi connectivity index (χ1) is 8.43. The molecular weight excluding hydrogens is 276 g/mol. The van der Waals surface area contributed by atoms with Gasteiger partial charge in [-0.15, -0.1) is 0 Å². The Balaban J connectivity index is 2.42. The normalized spacial score (nSPS) is 22.0. The van der Waals surface area contributed by atoms with E-state index >= 15 is 0 Å². The Labute approximate surface area is 111 Å². The summed E-state index contributed by atoms with van der Waals surface area (Å²) in [5.41, 5.74) is 5.82. The van der Waals surface area contributed by atoms with Crippen LogP contribution in [-0.4, -0.2) is 37.0 Å². The van der Waals surface area contributed by atoms with Gasteiger partial charge in [0, 0.05) is 13.1 Å². The van der Waals surface area contributed by atoms with Gasteiger partial charge in [-0.25, -0.2) is 8.42 Å². The summed E-state index contributed by atoms with van der Waals surface area (Å²) in [5.74, 6) is 0. The minimum absolute atomic E-state index is 0.0687. The van der Waals surface area contributed by atoms with Crippen molar-refractivity contribution in [2.24, 2.45) is 0 Å². The molecule has 1 aliphatic rings. The van der Waals surface area contributed by atoms with Crippen molar-refractivity contribution in [1.82, 2.24) is 4.31 Å². The number of hydrogen-bond acceptors (Lipinski definition) is 4.